The molecular formula is C20H19ClFN3O2. The van der Waals surface area contributed by atoms with E-state index in [9.17, 15) is 9.18 Å². The third-order valence-corrected chi connectivity index (χ3v) is 4.55. The smallest absolute Gasteiger partial charge is 0.256 e. The van der Waals surface area contributed by atoms with Crippen molar-refractivity contribution in [2.45, 2.75) is 20.0 Å². The highest BCUT2D eigenvalue weighted by atomic mass is 35.5. The molecule has 0 bridgehead atoms. The number of ether oxygens (including phenoxy) is 1. The van der Waals surface area contributed by atoms with Gasteiger partial charge < -0.3 is 10.1 Å². The highest BCUT2D eigenvalue weighted by Crippen LogP contribution is 2.22. The number of halogens is 2. The number of amides is 1. The number of hydrogen-bond donors (Lipinski definition) is 1. The van der Waals surface area contributed by atoms with Crippen LogP contribution in [0, 0.1) is 12.7 Å². The molecule has 1 aromatic heterocycles. The molecule has 0 spiro atoms. The molecule has 0 aliphatic rings. The fourth-order valence-corrected chi connectivity index (χ4v) is 3.11. The normalized spacial score (nSPS) is 10.7. The Morgan fingerprint density at radius 2 is 1.93 bits per heavy atom. The van der Waals surface area contributed by atoms with Crippen LogP contribution < -0.4 is 10.1 Å². The van der Waals surface area contributed by atoms with E-state index in [0.29, 0.717) is 30.1 Å². The van der Waals surface area contributed by atoms with Crippen LogP contribution in [-0.2, 0) is 13.1 Å². The Balaban J connectivity index is 1.75. The topological polar surface area (TPSA) is 56.1 Å². The van der Waals surface area contributed by atoms with Gasteiger partial charge in [0, 0.05) is 12.1 Å². The van der Waals surface area contributed by atoms with E-state index in [1.54, 1.807) is 26.2 Å². The van der Waals surface area contributed by atoms with Crippen molar-refractivity contribution in [3.8, 4) is 5.75 Å². The van der Waals surface area contributed by atoms with E-state index in [1.807, 2.05) is 24.3 Å². The van der Waals surface area contributed by atoms with Crippen molar-refractivity contribution in [2.24, 2.45) is 0 Å². The molecule has 2 aromatic carbocycles. The predicted molar refractivity (Wildman–Crippen MR) is 102 cm³/mol. The van der Waals surface area contributed by atoms with Gasteiger partial charge in [0.05, 0.1) is 24.9 Å². The minimum Gasteiger partial charge on any atom is -0.496 e. The minimum atomic E-state index is -0.311. The first-order valence-electron chi connectivity index (χ1n) is 8.37. The fraction of sp³-hybridized carbons (Fsp3) is 0.200. The average molecular weight is 388 g/mol. The van der Waals surface area contributed by atoms with Gasteiger partial charge in [-0.3, -0.25) is 4.79 Å². The number of aromatic nitrogens is 2. The van der Waals surface area contributed by atoms with Crippen LogP contribution >= 0.6 is 11.6 Å². The molecule has 0 unspecified atom stereocenters. The van der Waals surface area contributed by atoms with E-state index in [0.717, 1.165) is 11.1 Å². The number of benzene rings is 2. The molecule has 27 heavy (non-hydrogen) atoms. The van der Waals surface area contributed by atoms with Gasteiger partial charge in [0.15, 0.2) is 0 Å². The van der Waals surface area contributed by atoms with E-state index in [1.165, 1.54) is 16.8 Å². The Morgan fingerprint density at radius 1 is 1.22 bits per heavy atom. The summed E-state index contributed by atoms with van der Waals surface area (Å²) in [5.74, 6) is 0.0827. The molecule has 0 fully saturated rings. The zero-order valence-electron chi connectivity index (χ0n) is 15.0. The van der Waals surface area contributed by atoms with Gasteiger partial charge in [0.25, 0.3) is 5.91 Å². The maximum Gasteiger partial charge on any atom is 0.256 e. The summed E-state index contributed by atoms with van der Waals surface area (Å²) in [6, 6.07) is 13.5. The summed E-state index contributed by atoms with van der Waals surface area (Å²) in [5, 5.41) is 7.44. The van der Waals surface area contributed by atoms with E-state index in [2.05, 4.69) is 10.4 Å². The fourth-order valence-electron chi connectivity index (χ4n) is 2.79. The van der Waals surface area contributed by atoms with Gasteiger partial charge in [-0.1, -0.05) is 41.9 Å². The predicted octanol–water partition coefficient (Wildman–Crippen LogP) is 3.97. The van der Waals surface area contributed by atoms with Gasteiger partial charge in [-0.05, 0) is 30.7 Å². The summed E-state index contributed by atoms with van der Waals surface area (Å²) >= 11 is 6.39. The molecule has 0 radical (unpaired) electrons. The zero-order chi connectivity index (χ0) is 19.4. The van der Waals surface area contributed by atoms with Crippen LogP contribution in [0.3, 0.4) is 0 Å². The Kier molecular flexibility index (Phi) is 5.76. The lowest BCUT2D eigenvalue weighted by Crippen LogP contribution is -2.23. The lowest BCUT2D eigenvalue weighted by molar-refractivity contribution is 0.0950. The van der Waals surface area contributed by atoms with Crippen molar-refractivity contribution >= 4 is 17.5 Å². The van der Waals surface area contributed by atoms with Gasteiger partial charge in [-0.25, -0.2) is 9.07 Å². The Labute approximate surface area is 161 Å². The van der Waals surface area contributed by atoms with Crippen LogP contribution in [0.15, 0.2) is 48.5 Å². The van der Waals surface area contributed by atoms with Gasteiger partial charge in [-0.15, -0.1) is 0 Å². The van der Waals surface area contributed by atoms with Crippen molar-refractivity contribution in [3.05, 3.63) is 81.9 Å². The van der Waals surface area contributed by atoms with Crippen LogP contribution in [0.25, 0.3) is 0 Å². The van der Waals surface area contributed by atoms with Crippen molar-refractivity contribution in [1.29, 1.82) is 0 Å². The maximum absolute atomic E-state index is 13.0. The van der Waals surface area contributed by atoms with Crippen LogP contribution in [0.1, 0.15) is 27.2 Å². The van der Waals surface area contributed by atoms with Crippen LogP contribution in [0.5, 0.6) is 5.75 Å². The molecule has 0 saturated heterocycles. The number of carbonyl (C=O) groups is 1. The number of hydrogen-bond acceptors (Lipinski definition) is 3. The van der Waals surface area contributed by atoms with E-state index in [-0.39, 0.29) is 16.9 Å². The first kappa shape index (κ1) is 18.9. The summed E-state index contributed by atoms with van der Waals surface area (Å²) in [5.41, 5.74) is 2.55. The SMILES string of the molecule is COc1ccccc1CNC(=O)c1c(C)nn(Cc2ccc(F)cc2)c1Cl. The molecule has 1 amide bonds. The quantitative estimate of drug-likeness (QED) is 0.696. The Hall–Kier alpha value is -2.86. The molecule has 140 valence electrons. The molecular weight excluding hydrogens is 369 g/mol. The molecule has 0 atom stereocenters. The molecule has 0 saturated carbocycles. The summed E-state index contributed by atoms with van der Waals surface area (Å²) in [6.45, 7) is 2.38. The average Bonchev–Trinajstić information content (AvgIpc) is 2.95. The summed E-state index contributed by atoms with van der Waals surface area (Å²) in [7, 11) is 1.58. The van der Waals surface area contributed by atoms with E-state index >= 15 is 0 Å². The first-order valence-corrected chi connectivity index (χ1v) is 8.75. The lowest BCUT2D eigenvalue weighted by Gasteiger charge is -2.09. The number of rotatable bonds is 6. The summed E-state index contributed by atoms with van der Waals surface area (Å²) < 4.78 is 19.9. The monoisotopic (exact) mass is 387 g/mol. The summed E-state index contributed by atoms with van der Waals surface area (Å²) in [6.07, 6.45) is 0. The molecule has 5 nitrogen and oxygen atoms in total. The van der Waals surface area contributed by atoms with Crippen molar-refractivity contribution in [1.82, 2.24) is 15.1 Å². The van der Waals surface area contributed by atoms with Gasteiger partial charge in [0.1, 0.15) is 16.7 Å². The third kappa shape index (κ3) is 4.28. The van der Waals surface area contributed by atoms with Crippen LogP contribution in [-0.4, -0.2) is 22.8 Å². The number of methoxy groups -OCH3 is 1. The second kappa shape index (κ2) is 8.22. The minimum absolute atomic E-state index is 0.245. The molecule has 7 heteroatoms. The highest BCUT2D eigenvalue weighted by molar-refractivity contribution is 6.33. The largest absolute Gasteiger partial charge is 0.496 e. The van der Waals surface area contributed by atoms with Gasteiger partial charge in [0.2, 0.25) is 0 Å². The van der Waals surface area contributed by atoms with Crippen LogP contribution in [0.2, 0.25) is 5.15 Å². The van der Waals surface area contributed by atoms with E-state index < -0.39 is 0 Å². The maximum atomic E-state index is 13.0. The number of nitrogens with one attached hydrogen (secondary N) is 1. The standard InChI is InChI=1S/C20H19ClFN3O2/c1-13-18(20(26)23-11-15-5-3-4-6-17(15)27-2)19(21)25(24-13)12-14-7-9-16(22)10-8-14/h3-10H,11-12H2,1-2H3,(H,23,26). The first-order chi connectivity index (χ1) is 13.0. The third-order valence-electron chi connectivity index (χ3n) is 4.17. The molecule has 1 N–H and O–H groups in total. The Morgan fingerprint density at radius 3 is 2.63 bits per heavy atom. The van der Waals surface area contributed by atoms with Crippen molar-refractivity contribution < 1.29 is 13.9 Å². The Bertz CT molecular complexity index is 954. The zero-order valence-corrected chi connectivity index (χ0v) is 15.8. The van der Waals surface area contributed by atoms with Crippen LogP contribution in [0.4, 0.5) is 4.39 Å². The van der Waals surface area contributed by atoms with Crippen molar-refractivity contribution in [3.63, 3.8) is 0 Å². The van der Waals surface area contributed by atoms with Gasteiger partial charge in [-0.2, -0.15) is 5.10 Å². The number of carbonyl (C=O) groups excluding carboxylic acids is 1. The second-order valence-corrected chi connectivity index (χ2v) is 6.39. The van der Waals surface area contributed by atoms with Crippen molar-refractivity contribution in [2.75, 3.05) is 7.11 Å². The molecule has 0 aliphatic heterocycles. The van der Waals surface area contributed by atoms with E-state index in [4.69, 9.17) is 16.3 Å². The number of aryl methyl sites for hydroxylation is 1. The number of para-hydroxylation sites is 1. The molecule has 3 aromatic rings. The molecule has 3 rings (SSSR count). The highest BCUT2D eigenvalue weighted by Gasteiger charge is 2.20. The summed E-state index contributed by atoms with van der Waals surface area (Å²) in [4.78, 5) is 12.6. The molecule has 1 heterocycles. The lowest BCUT2D eigenvalue weighted by atomic mass is 10.2. The van der Waals surface area contributed by atoms with Gasteiger partial charge >= 0.3 is 0 Å². The second-order valence-electron chi connectivity index (χ2n) is 6.03. The molecule has 0 aliphatic carbocycles. The number of nitrogens with zero attached hydrogens (tertiary/aromatic N) is 2.